The van der Waals surface area contributed by atoms with Crippen LogP contribution in [0.4, 0.5) is 19.1 Å². The molecule has 0 unspecified atom stereocenters. The standard InChI is InChI=1S/C23H22F3N7O/c1-4-16-18(33(3)32-31-16)11-34-22-19(14-9-12(2)28-17(10-14)21(25)26)20(29-23(27)30-22)13-5-7-15(24)8-6-13/h5-10,21H,4,11H2,1-3H3,(H2,27,29,30). The maximum atomic E-state index is 13.6. The molecular weight excluding hydrogens is 447 g/mol. The summed E-state index contributed by atoms with van der Waals surface area (Å²) in [5.74, 6) is -0.433. The van der Waals surface area contributed by atoms with Crippen LogP contribution < -0.4 is 10.5 Å². The number of alkyl halides is 2. The minimum Gasteiger partial charge on any atom is -0.471 e. The number of benzene rings is 1. The first kappa shape index (κ1) is 23.1. The van der Waals surface area contributed by atoms with Crippen LogP contribution in [0.5, 0.6) is 5.88 Å². The normalized spacial score (nSPS) is 11.3. The maximum Gasteiger partial charge on any atom is 0.280 e. The third-order valence-corrected chi connectivity index (χ3v) is 5.20. The number of hydrogen-bond donors (Lipinski definition) is 1. The lowest BCUT2D eigenvalue weighted by molar-refractivity contribution is 0.146. The van der Waals surface area contributed by atoms with Crippen LogP contribution in [-0.4, -0.2) is 29.9 Å². The average molecular weight is 469 g/mol. The highest BCUT2D eigenvalue weighted by Gasteiger charge is 2.22. The molecule has 3 heterocycles. The number of aryl methyl sites for hydroxylation is 3. The molecule has 0 aliphatic carbocycles. The van der Waals surface area contributed by atoms with E-state index in [-0.39, 0.29) is 18.4 Å². The minimum atomic E-state index is -2.78. The highest BCUT2D eigenvalue weighted by molar-refractivity contribution is 5.85. The van der Waals surface area contributed by atoms with E-state index in [1.165, 1.54) is 30.3 Å². The Morgan fingerprint density at radius 3 is 2.47 bits per heavy atom. The summed E-state index contributed by atoms with van der Waals surface area (Å²) in [5.41, 5.74) is 8.98. The molecule has 0 aliphatic rings. The van der Waals surface area contributed by atoms with Crippen molar-refractivity contribution in [3.8, 4) is 28.3 Å². The third kappa shape index (κ3) is 4.68. The number of ether oxygens (including phenoxy) is 1. The topological polar surface area (TPSA) is 105 Å². The summed E-state index contributed by atoms with van der Waals surface area (Å²) in [6, 6.07) is 8.48. The van der Waals surface area contributed by atoms with Gasteiger partial charge >= 0.3 is 0 Å². The molecule has 0 atom stereocenters. The molecule has 11 heteroatoms. The van der Waals surface area contributed by atoms with Gasteiger partial charge in [0.1, 0.15) is 18.1 Å². The van der Waals surface area contributed by atoms with Crippen LogP contribution in [-0.2, 0) is 20.1 Å². The van der Waals surface area contributed by atoms with Crippen molar-refractivity contribution < 1.29 is 17.9 Å². The quantitative estimate of drug-likeness (QED) is 0.427. The molecule has 3 aromatic heterocycles. The molecule has 0 fully saturated rings. The molecule has 0 amide bonds. The molecule has 0 saturated heterocycles. The number of hydrogen-bond acceptors (Lipinski definition) is 7. The second-order valence-corrected chi connectivity index (χ2v) is 7.59. The second-order valence-electron chi connectivity index (χ2n) is 7.59. The Hall–Kier alpha value is -4.02. The zero-order chi connectivity index (χ0) is 24.4. The highest BCUT2D eigenvalue weighted by atomic mass is 19.3. The molecule has 0 radical (unpaired) electrons. The van der Waals surface area contributed by atoms with Crippen molar-refractivity contribution in [3.05, 3.63) is 65.0 Å². The fourth-order valence-electron chi connectivity index (χ4n) is 3.60. The molecule has 0 aliphatic heterocycles. The number of nitrogens with two attached hydrogens (primary N) is 1. The molecule has 2 N–H and O–H groups in total. The predicted molar refractivity (Wildman–Crippen MR) is 119 cm³/mol. The van der Waals surface area contributed by atoms with E-state index in [1.54, 1.807) is 24.7 Å². The van der Waals surface area contributed by atoms with E-state index in [0.717, 1.165) is 11.4 Å². The largest absolute Gasteiger partial charge is 0.471 e. The Morgan fingerprint density at radius 2 is 1.79 bits per heavy atom. The number of rotatable bonds is 7. The van der Waals surface area contributed by atoms with Gasteiger partial charge in [-0.2, -0.15) is 4.98 Å². The van der Waals surface area contributed by atoms with Crippen LogP contribution in [0.25, 0.3) is 22.4 Å². The van der Waals surface area contributed by atoms with Gasteiger partial charge in [0.25, 0.3) is 6.43 Å². The zero-order valence-corrected chi connectivity index (χ0v) is 18.8. The highest BCUT2D eigenvalue weighted by Crippen LogP contribution is 2.39. The summed E-state index contributed by atoms with van der Waals surface area (Å²) in [6.45, 7) is 3.62. The fourth-order valence-corrected chi connectivity index (χ4v) is 3.60. The van der Waals surface area contributed by atoms with Crippen LogP contribution in [0, 0.1) is 12.7 Å². The van der Waals surface area contributed by atoms with E-state index >= 15 is 0 Å². The summed E-state index contributed by atoms with van der Waals surface area (Å²) in [5, 5.41) is 8.12. The van der Waals surface area contributed by atoms with Gasteiger partial charge < -0.3 is 10.5 Å². The van der Waals surface area contributed by atoms with Crippen molar-refractivity contribution in [2.75, 3.05) is 5.73 Å². The number of nitrogens with zero attached hydrogens (tertiary/aromatic N) is 6. The van der Waals surface area contributed by atoms with Crippen LogP contribution in [0.15, 0.2) is 36.4 Å². The lowest BCUT2D eigenvalue weighted by Crippen LogP contribution is -2.09. The van der Waals surface area contributed by atoms with E-state index in [4.69, 9.17) is 10.5 Å². The molecular formula is C23H22F3N7O. The Morgan fingerprint density at radius 1 is 1.06 bits per heavy atom. The predicted octanol–water partition coefficient (Wildman–Crippen LogP) is 4.44. The summed E-state index contributed by atoms with van der Waals surface area (Å²) in [7, 11) is 1.74. The van der Waals surface area contributed by atoms with Crippen LogP contribution >= 0.6 is 0 Å². The Labute approximate surface area is 193 Å². The van der Waals surface area contributed by atoms with Gasteiger partial charge in [-0.05, 0) is 55.3 Å². The summed E-state index contributed by atoms with van der Waals surface area (Å²) in [6.07, 6.45) is -2.13. The summed E-state index contributed by atoms with van der Waals surface area (Å²) < 4.78 is 48.3. The number of nitrogen functional groups attached to an aromatic ring is 1. The third-order valence-electron chi connectivity index (χ3n) is 5.20. The monoisotopic (exact) mass is 469 g/mol. The molecule has 34 heavy (non-hydrogen) atoms. The van der Waals surface area contributed by atoms with Crippen LogP contribution in [0.1, 0.15) is 36.1 Å². The minimum absolute atomic E-state index is 0.0603. The van der Waals surface area contributed by atoms with Gasteiger partial charge in [0.05, 0.1) is 22.6 Å². The molecule has 176 valence electrons. The maximum absolute atomic E-state index is 13.6. The zero-order valence-electron chi connectivity index (χ0n) is 18.8. The molecule has 4 rings (SSSR count). The summed E-state index contributed by atoms with van der Waals surface area (Å²) in [4.78, 5) is 12.5. The molecule has 0 spiro atoms. The number of pyridine rings is 1. The fraction of sp³-hybridized carbons (Fsp3) is 0.261. The Balaban J connectivity index is 1.90. The van der Waals surface area contributed by atoms with Crippen LogP contribution in [0.2, 0.25) is 0 Å². The van der Waals surface area contributed by atoms with Crippen molar-refractivity contribution in [1.82, 2.24) is 29.9 Å². The number of halogens is 3. The lowest BCUT2D eigenvalue weighted by Gasteiger charge is -2.17. The van der Waals surface area contributed by atoms with Crippen molar-refractivity contribution in [2.24, 2.45) is 7.05 Å². The molecule has 1 aromatic carbocycles. The molecule has 0 bridgehead atoms. The van der Waals surface area contributed by atoms with Crippen molar-refractivity contribution in [3.63, 3.8) is 0 Å². The van der Waals surface area contributed by atoms with Gasteiger partial charge in [-0.1, -0.05) is 12.1 Å². The van der Waals surface area contributed by atoms with Crippen LogP contribution in [0.3, 0.4) is 0 Å². The first-order valence-electron chi connectivity index (χ1n) is 10.5. The molecule has 8 nitrogen and oxygen atoms in total. The van der Waals surface area contributed by atoms with E-state index in [9.17, 15) is 13.2 Å². The van der Waals surface area contributed by atoms with Gasteiger partial charge in [-0.3, -0.25) is 4.98 Å². The molecule has 4 aromatic rings. The van der Waals surface area contributed by atoms with E-state index in [0.29, 0.717) is 34.5 Å². The Bertz CT molecular complexity index is 1320. The van der Waals surface area contributed by atoms with Crippen molar-refractivity contribution in [1.29, 1.82) is 0 Å². The second kappa shape index (κ2) is 9.46. The first-order valence-corrected chi connectivity index (χ1v) is 10.5. The smallest absolute Gasteiger partial charge is 0.280 e. The van der Waals surface area contributed by atoms with Crippen molar-refractivity contribution >= 4 is 5.95 Å². The van der Waals surface area contributed by atoms with Gasteiger partial charge in [0.15, 0.2) is 0 Å². The van der Waals surface area contributed by atoms with Gasteiger partial charge in [0, 0.05) is 18.3 Å². The number of anilines is 1. The number of aromatic nitrogens is 6. The van der Waals surface area contributed by atoms with E-state index < -0.39 is 17.9 Å². The van der Waals surface area contributed by atoms with Gasteiger partial charge in [-0.25, -0.2) is 22.8 Å². The SMILES string of the molecule is CCc1nnn(C)c1COc1nc(N)nc(-c2ccc(F)cc2)c1-c1cc(C)nc(C(F)F)c1. The van der Waals surface area contributed by atoms with E-state index in [2.05, 4.69) is 25.3 Å². The Kier molecular flexibility index (Phi) is 6.44. The molecule has 0 saturated carbocycles. The lowest BCUT2D eigenvalue weighted by atomic mass is 9.99. The van der Waals surface area contributed by atoms with E-state index in [1.807, 2.05) is 6.92 Å². The first-order chi connectivity index (χ1) is 16.3. The van der Waals surface area contributed by atoms with Gasteiger partial charge in [0.2, 0.25) is 11.8 Å². The van der Waals surface area contributed by atoms with Crippen molar-refractivity contribution in [2.45, 2.75) is 33.3 Å². The average Bonchev–Trinajstić information content (AvgIpc) is 3.16. The summed E-state index contributed by atoms with van der Waals surface area (Å²) >= 11 is 0. The van der Waals surface area contributed by atoms with Gasteiger partial charge in [-0.15, -0.1) is 5.10 Å².